The number of hydrogen-bond donors (Lipinski definition) is 1. The molecule has 2 aromatic rings. The second-order valence-electron chi connectivity index (χ2n) is 5.10. The van der Waals surface area contributed by atoms with Gasteiger partial charge in [-0.2, -0.15) is 0 Å². The van der Waals surface area contributed by atoms with Crippen molar-refractivity contribution in [2.75, 3.05) is 6.54 Å². The van der Waals surface area contributed by atoms with Crippen molar-refractivity contribution in [3.05, 3.63) is 57.1 Å². The number of carbonyl (C=O) groups is 2. The lowest BCUT2D eigenvalue weighted by Crippen LogP contribution is -2.37. The molecule has 0 unspecified atom stereocenters. The zero-order chi connectivity index (χ0) is 16.6. The summed E-state index contributed by atoms with van der Waals surface area (Å²) >= 11 is 12.2. The number of amides is 2. The molecule has 118 valence electrons. The van der Waals surface area contributed by atoms with Gasteiger partial charge >= 0.3 is 0 Å². The molecule has 0 radical (unpaired) electrons. The van der Waals surface area contributed by atoms with Gasteiger partial charge in [0.15, 0.2) is 0 Å². The van der Waals surface area contributed by atoms with Crippen molar-refractivity contribution in [2.45, 2.75) is 13.0 Å². The predicted molar refractivity (Wildman–Crippen MR) is 85.5 cm³/mol. The lowest BCUT2D eigenvalue weighted by Gasteiger charge is -2.28. The van der Waals surface area contributed by atoms with E-state index in [1.807, 2.05) is 0 Å². The molecule has 8 heteroatoms. The zero-order valence-electron chi connectivity index (χ0n) is 11.9. The highest BCUT2D eigenvalue weighted by molar-refractivity contribution is 6.39. The second kappa shape index (κ2) is 6.14. The van der Waals surface area contributed by atoms with Crippen LogP contribution in [0.4, 0.5) is 0 Å². The molecule has 0 aliphatic carbocycles. The number of rotatable bonds is 2. The van der Waals surface area contributed by atoms with Crippen LogP contribution in [-0.4, -0.2) is 33.2 Å². The molecule has 1 aromatic carbocycles. The van der Waals surface area contributed by atoms with Gasteiger partial charge in [0, 0.05) is 12.7 Å². The number of halogens is 2. The Labute approximate surface area is 142 Å². The monoisotopic (exact) mass is 350 g/mol. The topological polar surface area (TPSA) is 89.2 Å². The Hall–Kier alpha value is -2.18. The van der Waals surface area contributed by atoms with E-state index in [2.05, 4.69) is 9.97 Å². The summed E-state index contributed by atoms with van der Waals surface area (Å²) < 4.78 is 0. The lowest BCUT2D eigenvalue weighted by molar-refractivity contribution is 0.0732. The minimum Gasteiger partial charge on any atom is -0.363 e. The van der Waals surface area contributed by atoms with Crippen molar-refractivity contribution in [1.29, 1.82) is 0 Å². The van der Waals surface area contributed by atoms with Crippen LogP contribution in [0.3, 0.4) is 0 Å². The van der Waals surface area contributed by atoms with Gasteiger partial charge in [0.05, 0.1) is 27.8 Å². The fourth-order valence-corrected chi connectivity index (χ4v) is 3.01. The highest BCUT2D eigenvalue weighted by Crippen LogP contribution is 2.27. The van der Waals surface area contributed by atoms with E-state index in [0.717, 1.165) is 5.56 Å². The molecule has 2 heterocycles. The maximum absolute atomic E-state index is 12.7. The van der Waals surface area contributed by atoms with Gasteiger partial charge in [0.1, 0.15) is 0 Å². The van der Waals surface area contributed by atoms with Gasteiger partial charge in [-0.25, -0.2) is 9.97 Å². The summed E-state index contributed by atoms with van der Waals surface area (Å²) in [6.45, 7) is 0.741. The molecule has 0 atom stereocenters. The quantitative estimate of drug-likeness (QED) is 0.897. The Balaban J connectivity index is 1.91. The molecule has 0 spiro atoms. The highest BCUT2D eigenvalue weighted by Gasteiger charge is 2.26. The maximum Gasteiger partial charge on any atom is 0.286 e. The lowest BCUT2D eigenvalue weighted by atomic mass is 10.1. The van der Waals surface area contributed by atoms with Crippen LogP contribution >= 0.6 is 23.2 Å². The second-order valence-corrected chi connectivity index (χ2v) is 5.92. The fraction of sp³-hybridized carbons (Fsp3) is 0.200. The third kappa shape index (κ3) is 3.00. The molecular weight excluding hydrogens is 339 g/mol. The number of carbonyl (C=O) groups excluding carboxylic acids is 2. The summed E-state index contributed by atoms with van der Waals surface area (Å²) in [5.74, 6) is -1.04. The van der Waals surface area contributed by atoms with E-state index in [-0.39, 0.29) is 23.8 Å². The molecule has 0 bridgehead atoms. The third-order valence-corrected chi connectivity index (χ3v) is 4.26. The highest BCUT2D eigenvalue weighted by atomic mass is 35.5. The van der Waals surface area contributed by atoms with Crippen LogP contribution in [0.1, 0.15) is 32.2 Å². The molecule has 2 amide bonds. The van der Waals surface area contributed by atoms with Crippen LogP contribution in [0, 0.1) is 0 Å². The van der Waals surface area contributed by atoms with Gasteiger partial charge in [-0.15, -0.1) is 0 Å². The number of benzene rings is 1. The molecule has 0 saturated heterocycles. The summed E-state index contributed by atoms with van der Waals surface area (Å²) in [6, 6.07) is 4.91. The normalized spacial score (nSPS) is 13.6. The van der Waals surface area contributed by atoms with Gasteiger partial charge < -0.3 is 10.6 Å². The predicted octanol–water partition coefficient (Wildman–Crippen LogP) is 2.08. The minimum absolute atomic E-state index is 0.0613. The van der Waals surface area contributed by atoms with Crippen LogP contribution in [0.25, 0.3) is 0 Å². The average molecular weight is 351 g/mol. The molecule has 6 nitrogen and oxygen atoms in total. The molecule has 0 fully saturated rings. The van der Waals surface area contributed by atoms with Crippen LogP contribution < -0.4 is 5.73 Å². The summed E-state index contributed by atoms with van der Waals surface area (Å²) in [5.41, 5.74) is 6.96. The Morgan fingerprint density at radius 2 is 1.91 bits per heavy atom. The smallest absolute Gasteiger partial charge is 0.286 e. The van der Waals surface area contributed by atoms with E-state index in [1.54, 1.807) is 29.3 Å². The Kier molecular flexibility index (Phi) is 4.19. The Bertz CT molecular complexity index is 790. The van der Waals surface area contributed by atoms with Gasteiger partial charge in [-0.05, 0) is 24.1 Å². The Morgan fingerprint density at radius 1 is 1.22 bits per heavy atom. The fourth-order valence-electron chi connectivity index (χ4n) is 2.46. The van der Waals surface area contributed by atoms with E-state index >= 15 is 0 Å². The van der Waals surface area contributed by atoms with Crippen molar-refractivity contribution >= 4 is 35.0 Å². The van der Waals surface area contributed by atoms with Crippen LogP contribution in [0.5, 0.6) is 0 Å². The standard InChI is InChI=1S/C15H12Cl2N4O2/c16-9-2-1-3-10(17)12(9)15(23)21-5-4-8-6-19-14(13(18)22)20-11(8)7-21/h1-3,6H,4-5,7H2,(H2,18,22). The number of hydrogen-bond acceptors (Lipinski definition) is 4. The van der Waals surface area contributed by atoms with Gasteiger partial charge in [-0.1, -0.05) is 29.3 Å². The minimum atomic E-state index is -0.703. The van der Waals surface area contributed by atoms with E-state index in [9.17, 15) is 9.59 Å². The molecular formula is C15H12Cl2N4O2. The largest absolute Gasteiger partial charge is 0.363 e. The number of primary amides is 1. The maximum atomic E-state index is 12.7. The molecule has 1 aliphatic heterocycles. The average Bonchev–Trinajstić information content (AvgIpc) is 2.53. The van der Waals surface area contributed by atoms with Gasteiger partial charge in [0.2, 0.25) is 5.82 Å². The van der Waals surface area contributed by atoms with Crippen molar-refractivity contribution in [3.8, 4) is 0 Å². The summed E-state index contributed by atoms with van der Waals surface area (Å²) in [6.07, 6.45) is 2.16. The van der Waals surface area contributed by atoms with Crippen molar-refractivity contribution < 1.29 is 9.59 Å². The van der Waals surface area contributed by atoms with E-state index in [1.165, 1.54) is 0 Å². The molecule has 23 heavy (non-hydrogen) atoms. The first kappa shape index (κ1) is 15.7. The van der Waals surface area contributed by atoms with Crippen molar-refractivity contribution in [1.82, 2.24) is 14.9 Å². The number of aromatic nitrogens is 2. The van der Waals surface area contributed by atoms with Crippen molar-refractivity contribution in [2.24, 2.45) is 5.73 Å². The molecule has 1 aliphatic rings. The van der Waals surface area contributed by atoms with Crippen molar-refractivity contribution in [3.63, 3.8) is 0 Å². The summed E-state index contributed by atoms with van der Waals surface area (Å²) in [4.78, 5) is 33.5. The molecule has 1 aromatic heterocycles. The summed E-state index contributed by atoms with van der Waals surface area (Å²) in [5, 5.41) is 0.600. The van der Waals surface area contributed by atoms with Crippen LogP contribution in [0.2, 0.25) is 10.0 Å². The van der Waals surface area contributed by atoms with Crippen LogP contribution in [0.15, 0.2) is 24.4 Å². The van der Waals surface area contributed by atoms with Gasteiger partial charge in [0.25, 0.3) is 11.8 Å². The first-order chi connectivity index (χ1) is 11.0. The zero-order valence-corrected chi connectivity index (χ0v) is 13.4. The molecule has 3 rings (SSSR count). The van der Waals surface area contributed by atoms with Gasteiger partial charge in [-0.3, -0.25) is 9.59 Å². The molecule has 2 N–H and O–H groups in total. The first-order valence-corrected chi connectivity index (χ1v) is 7.61. The first-order valence-electron chi connectivity index (χ1n) is 6.85. The third-order valence-electron chi connectivity index (χ3n) is 3.63. The SMILES string of the molecule is NC(=O)c1ncc2c(n1)CN(C(=O)c1c(Cl)cccc1Cl)CC2. The summed E-state index contributed by atoms with van der Waals surface area (Å²) in [7, 11) is 0. The number of nitrogens with zero attached hydrogens (tertiary/aromatic N) is 3. The van der Waals surface area contributed by atoms with E-state index in [0.29, 0.717) is 28.7 Å². The van der Waals surface area contributed by atoms with E-state index in [4.69, 9.17) is 28.9 Å². The Morgan fingerprint density at radius 3 is 2.57 bits per heavy atom. The number of nitrogens with two attached hydrogens (primary N) is 1. The number of fused-ring (bicyclic) bond motifs is 1. The molecule has 0 saturated carbocycles. The van der Waals surface area contributed by atoms with E-state index < -0.39 is 5.91 Å². The van der Waals surface area contributed by atoms with Crippen LogP contribution in [-0.2, 0) is 13.0 Å².